The number of aliphatic hydroxyl groups is 1. The number of thioether (sulfide) groups is 1. The van der Waals surface area contributed by atoms with E-state index in [0.717, 1.165) is 11.4 Å². The molecule has 108 valence electrons. The molecule has 0 amide bonds. The third kappa shape index (κ3) is 4.84. The number of hydrogen-bond acceptors (Lipinski definition) is 3. The number of hydrogen-bond donors (Lipinski definition) is 1. The minimum Gasteiger partial charge on any atom is -0.392 e. The summed E-state index contributed by atoms with van der Waals surface area (Å²) < 4.78 is 2.32. The summed E-state index contributed by atoms with van der Waals surface area (Å²) in [4.78, 5) is 0. The molecule has 0 radical (unpaired) electrons. The van der Waals surface area contributed by atoms with Crippen LogP contribution in [-0.2, 0) is 6.42 Å². The van der Waals surface area contributed by atoms with Crippen molar-refractivity contribution in [1.29, 1.82) is 0 Å². The Morgan fingerprint density at radius 1 is 1.42 bits per heavy atom. The quantitative estimate of drug-likeness (QED) is 0.899. The summed E-state index contributed by atoms with van der Waals surface area (Å²) in [6.07, 6.45) is 7.61. The van der Waals surface area contributed by atoms with Crippen molar-refractivity contribution in [2.75, 3.05) is 5.75 Å². The molecule has 1 aliphatic rings. The molecule has 2 rings (SSSR count). The van der Waals surface area contributed by atoms with E-state index in [1.54, 1.807) is 0 Å². The smallest absolute Gasteiger partial charge is 0.0686 e. The lowest BCUT2D eigenvalue weighted by molar-refractivity contribution is 0.198. The van der Waals surface area contributed by atoms with E-state index in [9.17, 15) is 5.11 Å². The molecular weight excluding hydrogens is 256 g/mol. The van der Waals surface area contributed by atoms with Gasteiger partial charge in [0.1, 0.15) is 0 Å². The summed E-state index contributed by atoms with van der Waals surface area (Å²) in [6, 6.07) is 2.65. The van der Waals surface area contributed by atoms with Gasteiger partial charge in [-0.3, -0.25) is 4.68 Å². The zero-order chi connectivity index (χ0) is 13.9. The first-order chi connectivity index (χ1) is 8.94. The highest BCUT2D eigenvalue weighted by atomic mass is 32.2. The molecule has 1 fully saturated rings. The second-order valence-electron chi connectivity index (χ2n) is 6.51. The summed E-state index contributed by atoms with van der Waals surface area (Å²) in [5.74, 6) is 0.778. The standard InChI is InChI=1S/C15H26N2OS/c1-15(2,3)19-11-14(18)10-12-8-9-17(16-12)13-6-4-5-7-13/h8-9,13-14,18H,4-7,10-11H2,1-3H3. The molecule has 19 heavy (non-hydrogen) atoms. The minimum absolute atomic E-state index is 0.212. The summed E-state index contributed by atoms with van der Waals surface area (Å²) in [5, 5.41) is 14.7. The van der Waals surface area contributed by atoms with E-state index in [-0.39, 0.29) is 10.9 Å². The Kier molecular flexibility index (Phi) is 4.96. The average Bonchev–Trinajstić information content (AvgIpc) is 2.94. The van der Waals surface area contributed by atoms with E-state index in [1.807, 2.05) is 11.8 Å². The first-order valence-corrected chi connectivity index (χ1v) is 8.29. The summed E-state index contributed by atoms with van der Waals surface area (Å²) in [5.41, 5.74) is 1.02. The molecule has 1 aromatic rings. The first-order valence-electron chi connectivity index (χ1n) is 7.30. The number of rotatable bonds is 5. The second kappa shape index (κ2) is 6.31. The Morgan fingerprint density at radius 3 is 2.74 bits per heavy atom. The van der Waals surface area contributed by atoms with Crippen LogP contribution in [0.2, 0.25) is 0 Å². The SMILES string of the molecule is CC(C)(C)SCC(O)Cc1ccn(C2CCCC2)n1. The fraction of sp³-hybridized carbons (Fsp3) is 0.800. The van der Waals surface area contributed by atoms with Crippen LogP contribution in [0.4, 0.5) is 0 Å². The Balaban J connectivity index is 1.82. The van der Waals surface area contributed by atoms with Crippen LogP contribution in [0.25, 0.3) is 0 Å². The third-order valence-corrected chi connectivity index (χ3v) is 4.93. The van der Waals surface area contributed by atoms with Crippen molar-refractivity contribution in [3.05, 3.63) is 18.0 Å². The predicted molar refractivity (Wildman–Crippen MR) is 81.7 cm³/mol. The maximum atomic E-state index is 10.1. The van der Waals surface area contributed by atoms with Crippen LogP contribution < -0.4 is 0 Å². The van der Waals surface area contributed by atoms with Gasteiger partial charge in [-0.1, -0.05) is 33.6 Å². The van der Waals surface area contributed by atoms with Gasteiger partial charge < -0.3 is 5.11 Å². The molecular formula is C15H26N2OS. The van der Waals surface area contributed by atoms with Crippen LogP contribution in [-0.4, -0.2) is 31.5 Å². The fourth-order valence-electron chi connectivity index (χ4n) is 2.50. The molecule has 0 aliphatic heterocycles. The van der Waals surface area contributed by atoms with Gasteiger partial charge in [-0.2, -0.15) is 16.9 Å². The Morgan fingerprint density at radius 2 is 2.11 bits per heavy atom. The zero-order valence-electron chi connectivity index (χ0n) is 12.3. The van der Waals surface area contributed by atoms with Crippen LogP contribution in [0.15, 0.2) is 12.3 Å². The molecule has 1 aromatic heterocycles. The summed E-state index contributed by atoms with van der Waals surface area (Å²) in [7, 11) is 0. The van der Waals surface area contributed by atoms with Crippen LogP contribution in [0, 0.1) is 0 Å². The predicted octanol–water partition coefficient (Wildman–Crippen LogP) is 3.43. The van der Waals surface area contributed by atoms with Crippen molar-refractivity contribution in [3.8, 4) is 0 Å². The molecule has 0 spiro atoms. The minimum atomic E-state index is -0.295. The first kappa shape index (κ1) is 14.9. The Hall–Kier alpha value is -0.480. The maximum absolute atomic E-state index is 10.1. The van der Waals surface area contributed by atoms with Gasteiger partial charge in [-0.15, -0.1) is 0 Å². The van der Waals surface area contributed by atoms with E-state index in [4.69, 9.17) is 0 Å². The lowest BCUT2D eigenvalue weighted by Crippen LogP contribution is -2.19. The third-order valence-electron chi connectivity index (χ3n) is 3.52. The van der Waals surface area contributed by atoms with Crippen molar-refractivity contribution in [2.24, 2.45) is 0 Å². The number of nitrogens with zero attached hydrogens (tertiary/aromatic N) is 2. The molecule has 1 N–H and O–H groups in total. The normalized spacial score (nSPS) is 18.9. The highest BCUT2D eigenvalue weighted by Gasteiger charge is 2.19. The van der Waals surface area contributed by atoms with Crippen LogP contribution in [0.1, 0.15) is 58.2 Å². The van der Waals surface area contributed by atoms with Gasteiger partial charge in [-0.25, -0.2) is 0 Å². The van der Waals surface area contributed by atoms with Crippen molar-refractivity contribution in [2.45, 2.75) is 69.8 Å². The van der Waals surface area contributed by atoms with Crippen molar-refractivity contribution >= 4 is 11.8 Å². The molecule has 3 nitrogen and oxygen atoms in total. The molecule has 1 atom stereocenters. The van der Waals surface area contributed by atoms with Gasteiger partial charge >= 0.3 is 0 Å². The van der Waals surface area contributed by atoms with Crippen LogP contribution in [0.3, 0.4) is 0 Å². The summed E-state index contributed by atoms with van der Waals surface area (Å²) >= 11 is 1.81. The fourth-order valence-corrected chi connectivity index (χ4v) is 3.32. The van der Waals surface area contributed by atoms with Crippen molar-refractivity contribution in [3.63, 3.8) is 0 Å². The zero-order valence-corrected chi connectivity index (χ0v) is 13.1. The van der Waals surface area contributed by atoms with E-state index < -0.39 is 0 Å². The van der Waals surface area contributed by atoms with E-state index >= 15 is 0 Å². The lowest BCUT2D eigenvalue weighted by atomic mass is 10.2. The van der Waals surface area contributed by atoms with Gasteiger partial charge in [0.25, 0.3) is 0 Å². The monoisotopic (exact) mass is 282 g/mol. The molecule has 1 saturated carbocycles. The maximum Gasteiger partial charge on any atom is 0.0686 e. The van der Waals surface area contributed by atoms with E-state index in [2.05, 4.69) is 42.8 Å². The molecule has 0 aromatic carbocycles. The van der Waals surface area contributed by atoms with E-state index in [1.165, 1.54) is 25.7 Å². The Bertz CT molecular complexity index is 391. The molecule has 0 bridgehead atoms. The van der Waals surface area contributed by atoms with Gasteiger partial charge in [0.15, 0.2) is 0 Å². The lowest BCUT2D eigenvalue weighted by Gasteiger charge is -2.19. The Labute approximate surface area is 120 Å². The molecule has 1 aliphatic carbocycles. The van der Waals surface area contributed by atoms with Crippen LogP contribution in [0.5, 0.6) is 0 Å². The van der Waals surface area contributed by atoms with Crippen molar-refractivity contribution < 1.29 is 5.11 Å². The van der Waals surface area contributed by atoms with Crippen LogP contribution >= 0.6 is 11.8 Å². The largest absolute Gasteiger partial charge is 0.392 e. The second-order valence-corrected chi connectivity index (χ2v) is 8.35. The highest BCUT2D eigenvalue weighted by Crippen LogP contribution is 2.29. The topological polar surface area (TPSA) is 38.0 Å². The molecule has 1 heterocycles. The molecule has 0 saturated heterocycles. The molecule has 4 heteroatoms. The average molecular weight is 282 g/mol. The summed E-state index contributed by atoms with van der Waals surface area (Å²) in [6.45, 7) is 6.54. The molecule has 1 unspecified atom stereocenters. The van der Waals surface area contributed by atoms with Gasteiger partial charge in [0.05, 0.1) is 17.8 Å². The highest BCUT2D eigenvalue weighted by molar-refractivity contribution is 8.00. The van der Waals surface area contributed by atoms with Gasteiger partial charge in [0, 0.05) is 23.1 Å². The van der Waals surface area contributed by atoms with Crippen molar-refractivity contribution in [1.82, 2.24) is 9.78 Å². The van der Waals surface area contributed by atoms with E-state index in [0.29, 0.717) is 12.5 Å². The van der Waals surface area contributed by atoms with Gasteiger partial charge in [-0.05, 0) is 18.9 Å². The van der Waals surface area contributed by atoms with Gasteiger partial charge in [0.2, 0.25) is 0 Å². The number of aromatic nitrogens is 2. The number of aliphatic hydroxyl groups excluding tert-OH is 1.